The Kier molecular flexibility index (Phi) is 6.07. The Balaban J connectivity index is 1.74. The van der Waals surface area contributed by atoms with Gasteiger partial charge >= 0.3 is 0 Å². The first-order chi connectivity index (χ1) is 15.0. The molecule has 2 unspecified atom stereocenters. The third-order valence-corrected chi connectivity index (χ3v) is 11.3. The zero-order chi connectivity index (χ0) is 22.0. The molecule has 1 fully saturated rings. The number of likely N-dealkylation sites (tertiary alicyclic amines) is 1. The third-order valence-electron chi connectivity index (χ3n) is 6.71. The van der Waals surface area contributed by atoms with Gasteiger partial charge in [0.1, 0.15) is 0 Å². The lowest BCUT2D eigenvalue weighted by Gasteiger charge is -2.48. The number of nitrogens with zero attached hydrogens (tertiary/aromatic N) is 1. The maximum absolute atomic E-state index is 13.3. The van der Waals surface area contributed by atoms with Gasteiger partial charge in [0.15, 0.2) is 14.4 Å². The molecule has 1 saturated heterocycles. The van der Waals surface area contributed by atoms with Crippen LogP contribution in [0.1, 0.15) is 42.7 Å². The van der Waals surface area contributed by atoms with Gasteiger partial charge in [-0.05, 0) is 52.7 Å². The molecule has 0 saturated carbocycles. The predicted molar refractivity (Wildman–Crippen MR) is 126 cm³/mol. The number of carbonyl (C=O) groups is 2. The zero-order valence-electron chi connectivity index (χ0n) is 18.4. The number of rotatable bonds is 7. The Bertz CT molecular complexity index is 1090. The van der Waals surface area contributed by atoms with Gasteiger partial charge < -0.3 is 4.43 Å². The summed E-state index contributed by atoms with van der Waals surface area (Å²) < 4.78 is 6.62. The highest BCUT2D eigenvalue weighted by molar-refractivity contribution is 6.73. The second-order valence-corrected chi connectivity index (χ2v) is 12.9. The van der Waals surface area contributed by atoms with Gasteiger partial charge in [-0.25, -0.2) is 0 Å². The van der Waals surface area contributed by atoms with Crippen LogP contribution >= 0.6 is 0 Å². The molecular formula is C26H29NO3Si. The lowest BCUT2D eigenvalue weighted by molar-refractivity contribution is -0.158. The lowest BCUT2D eigenvalue weighted by atomic mass is 9.88. The minimum Gasteiger partial charge on any atom is -0.403 e. The van der Waals surface area contributed by atoms with Crippen molar-refractivity contribution in [3.63, 3.8) is 0 Å². The van der Waals surface area contributed by atoms with E-state index in [1.165, 1.54) is 4.90 Å². The highest BCUT2D eigenvalue weighted by Crippen LogP contribution is 2.42. The molecule has 0 spiro atoms. The van der Waals surface area contributed by atoms with Gasteiger partial charge in [0.25, 0.3) is 11.8 Å². The molecule has 160 valence electrons. The van der Waals surface area contributed by atoms with E-state index in [4.69, 9.17) is 4.43 Å². The van der Waals surface area contributed by atoms with Crippen LogP contribution in [0.15, 0.2) is 72.8 Å². The molecule has 0 radical (unpaired) electrons. The van der Waals surface area contributed by atoms with Crippen LogP contribution in [0.3, 0.4) is 0 Å². The van der Waals surface area contributed by atoms with Crippen LogP contribution in [0.5, 0.6) is 0 Å². The highest BCUT2D eigenvalue weighted by atomic mass is 28.4. The monoisotopic (exact) mass is 431 g/mol. The SMILES string of the molecule is CC[Si](CC)(CC)OC1C(=O)N(C(=O)c2ccccc2)C1c1ccc2ccccc2c1. The molecule has 1 aliphatic rings. The fourth-order valence-electron chi connectivity index (χ4n) is 4.51. The van der Waals surface area contributed by atoms with Gasteiger partial charge in [-0.1, -0.05) is 75.4 Å². The maximum Gasteiger partial charge on any atom is 0.261 e. The van der Waals surface area contributed by atoms with Crippen molar-refractivity contribution in [1.29, 1.82) is 0 Å². The van der Waals surface area contributed by atoms with E-state index in [0.717, 1.165) is 34.5 Å². The Labute approximate surface area is 185 Å². The summed E-state index contributed by atoms with van der Waals surface area (Å²) in [6.45, 7) is 6.46. The molecule has 0 aromatic heterocycles. The molecular weight excluding hydrogens is 402 g/mol. The number of amides is 2. The normalized spacial score (nSPS) is 18.8. The van der Waals surface area contributed by atoms with E-state index in [1.807, 2.05) is 36.4 Å². The van der Waals surface area contributed by atoms with E-state index in [-0.39, 0.29) is 11.8 Å². The van der Waals surface area contributed by atoms with Crippen molar-refractivity contribution in [2.24, 2.45) is 0 Å². The minimum absolute atomic E-state index is 0.223. The number of β-lactam (4-membered cyclic amide) rings is 1. The minimum atomic E-state index is -2.02. The smallest absolute Gasteiger partial charge is 0.261 e. The van der Waals surface area contributed by atoms with E-state index < -0.39 is 20.5 Å². The zero-order valence-corrected chi connectivity index (χ0v) is 19.4. The Morgan fingerprint density at radius 1 is 0.871 bits per heavy atom. The predicted octanol–water partition coefficient (Wildman–Crippen LogP) is 5.95. The van der Waals surface area contributed by atoms with Gasteiger partial charge in [0, 0.05) is 5.56 Å². The molecule has 2 atom stereocenters. The van der Waals surface area contributed by atoms with E-state index in [2.05, 4.69) is 45.0 Å². The molecule has 1 heterocycles. The van der Waals surface area contributed by atoms with E-state index in [1.54, 1.807) is 12.1 Å². The number of benzene rings is 3. The fraction of sp³-hybridized carbons (Fsp3) is 0.308. The molecule has 0 bridgehead atoms. The number of imide groups is 1. The van der Waals surface area contributed by atoms with Crippen molar-refractivity contribution in [3.05, 3.63) is 83.9 Å². The molecule has 0 aliphatic carbocycles. The second-order valence-electron chi connectivity index (χ2n) is 8.21. The molecule has 2 amide bonds. The van der Waals surface area contributed by atoms with Crippen molar-refractivity contribution in [3.8, 4) is 0 Å². The van der Waals surface area contributed by atoms with Crippen LogP contribution < -0.4 is 0 Å². The van der Waals surface area contributed by atoms with Crippen LogP contribution in [-0.4, -0.2) is 31.1 Å². The van der Waals surface area contributed by atoms with Gasteiger partial charge in [-0.3, -0.25) is 14.5 Å². The maximum atomic E-state index is 13.3. The summed E-state index contributed by atoms with van der Waals surface area (Å²) in [5, 5.41) is 2.23. The molecule has 3 aromatic carbocycles. The number of fused-ring (bicyclic) bond motifs is 1. The largest absolute Gasteiger partial charge is 0.403 e. The first kappa shape index (κ1) is 21.5. The molecule has 4 nitrogen and oxygen atoms in total. The fourth-order valence-corrected chi connectivity index (χ4v) is 7.28. The Morgan fingerprint density at radius 2 is 1.48 bits per heavy atom. The summed E-state index contributed by atoms with van der Waals surface area (Å²) in [6.07, 6.45) is -0.597. The highest BCUT2D eigenvalue weighted by Gasteiger charge is 2.54. The lowest BCUT2D eigenvalue weighted by Crippen LogP contribution is -2.64. The average Bonchev–Trinajstić information content (AvgIpc) is 2.83. The van der Waals surface area contributed by atoms with Crippen LogP contribution in [-0.2, 0) is 9.22 Å². The van der Waals surface area contributed by atoms with Gasteiger partial charge in [-0.2, -0.15) is 0 Å². The van der Waals surface area contributed by atoms with Gasteiger partial charge in [0.2, 0.25) is 0 Å². The molecule has 3 aromatic rings. The van der Waals surface area contributed by atoms with Crippen molar-refractivity contribution in [1.82, 2.24) is 4.90 Å². The Hall–Kier alpha value is -2.76. The molecule has 31 heavy (non-hydrogen) atoms. The number of carbonyl (C=O) groups excluding carboxylic acids is 2. The van der Waals surface area contributed by atoms with Crippen molar-refractivity contribution < 1.29 is 14.0 Å². The van der Waals surface area contributed by atoms with Gasteiger partial charge in [-0.15, -0.1) is 0 Å². The standard InChI is InChI=1S/C26H29NO3Si/c1-4-31(5-2,6-3)30-24-23(22-17-16-19-12-10-11-15-21(19)18-22)27(26(24)29)25(28)20-13-8-7-9-14-20/h7-18,23-24H,4-6H2,1-3H3. The summed E-state index contributed by atoms with van der Waals surface area (Å²) >= 11 is 0. The number of hydrogen-bond donors (Lipinski definition) is 0. The third kappa shape index (κ3) is 3.84. The summed E-state index contributed by atoms with van der Waals surface area (Å²) in [5.74, 6) is -0.486. The first-order valence-corrected chi connectivity index (χ1v) is 13.7. The van der Waals surface area contributed by atoms with E-state index >= 15 is 0 Å². The van der Waals surface area contributed by atoms with E-state index in [9.17, 15) is 9.59 Å². The number of hydrogen-bond acceptors (Lipinski definition) is 3. The average molecular weight is 432 g/mol. The second kappa shape index (κ2) is 8.77. The summed E-state index contributed by atoms with van der Waals surface area (Å²) in [4.78, 5) is 27.9. The quantitative estimate of drug-likeness (QED) is 0.264. The summed E-state index contributed by atoms with van der Waals surface area (Å²) in [7, 11) is -2.02. The topological polar surface area (TPSA) is 46.6 Å². The van der Waals surface area contributed by atoms with E-state index in [0.29, 0.717) is 5.56 Å². The van der Waals surface area contributed by atoms with Gasteiger partial charge in [0.05, 0.1) is 6.04 Å². The summed E-state index contributed by atoms with van der Waals surface area (Å²) in [6, 6.07) is 25.8. The van der Waals surface area contributed by atoms with Crippen molar-refractivity contribution in [2.45, 2.75) is 51.0 Å². The van der Waals surface area contributed by atoms with Crippen LogP contribution in [0.25, 0.3) is 10.8 Å². The van der Waals surface area contributed by atoms with Crippen LogP contribution in [0, 0.1) is 0 Å². The van der Waals surface area contributed by atoms with Crippen molar-refractivity contribution in [2.75, 3.05) is 0 Å². The first-order valence-electron chi connectivity index (χ1n) is 11.1. The summed E-state index contributed by atoms with van der Waals surface area (Å²) in [5.41, 5.74) is 1.46. The molecule has 0 N–H and O–H groups in total. The molecule has 4 rings (SSSR count). The van der Waals surface area contributed by atoms with Crippen LogP contribution in [0.4, 0.5) is 0 Å². The van der Waals surface area contributed by atoms with Crippen molar-refractivity contribution >= 4 is 30.9 Å². The molecule has 5 heteroatoms. The molecule has 1 aliphatic heterocycles. The van der Waals surface area contributed by atoms with Crippen LogP contribution in [0.2, 0.25) is 18.1 Å². The Morgan fingerprint density at radius 3 is 2.13 bits per heavy atom.